The van der Waals surface area contributed by atoms with E-state index >= 15 is 0 Å². The minimum Gasteiger partial charge on any atom is -0.479 e. The van der Waals surface area contributed by atoms with E-state index in [0.29, 0.717) is 0 Å². The van der Waals surface area contributed by atoms with Crippen molar-refractivity contribution in [1.29, 1.82) is 0 Å². The molecule has 1 saturated carbocycles. The first-order valence-electron chi connectivity index (χ1n) is 5.90. The number of hydrogen-bond donors (Lipinski definition) is 3. The minimum absolute atomic E-state index is 0.0425. The van der Waals surface area contributed by atoms with Crippen molar-refractivity contribution in [3.8, 4) is 0 Å². The summed E-state index contributed by atoms with van der Waals surface area (Å²) >= 11 is 0. The SMILES string of the molecule is CC(O)(CNC(=O)C1CCCC1(C)C)C(=O)O. The highest BCUT2D eigenvalue weighted by molar-refractivity contribution is 5.82. The van der Waals surface area contributed by atoms with Gasteiger partial charge in [0.2, 0.25) is 5.91 Å². The van der Waals surface area contributed by atoms with Gasteiger partial charge in [0.25, 0.3) is 0 Å². The van der Waals surface area contributed by atoms with E-state index in [9.17, 15) is 14.7 Å². The van der Waals surface area contributed by atoms with E-state index in [4.69, 9.17) is 5.11 Å². The van der Waals surface area contributed by atoms with Crippen LogP contribution < -0.4 is 5.32 Å². The van der Waals surface area contributed by atoms with Gasteiger partial charge in [0.15, 0.2) is 5.60 Å². The molecule has 1 aliphatic rings. The van der Waals surface area contributed by atoms with Crippen LogP contribution in [0.3, 0.4) is 0 Å². The molecule has 0 saturated heterocycles. The third-order valence-corrected chi connectivity index (χ3v) is 3.64. The summed E-state index contributed by atoms with van der Waals surface area (Å²) < 4.78 is 0. The number of rotatable bonds is 4. The van der Waals surface area contributed by atoms with Crippen molar-refractivity contribution in [3.05, 3.63) is 0 Å². The molecule has 1 amide bonds. The number of amides is 1. The first-order chi connectivity index (χ1) is 7.67. The van der Waals surface area contributed by atoms with Gasteiger partial charge in [-0.25, -0.2) is 4.79 Å². The van der Waals surface area contributed by atoms with Crippen molar-refractivity contribution in [1.82, 2.24) is 5.32 Å². The summed E-state index contributed by atoms with van der Waals surface area (Å²) in [5.41, 5.74) is -1.95. The van der Waals surface area contributed by atoms with Crippen molar-refractivity contribution < 1.29 is 19.8 Å². The van der Waals surface area contributed by atoms with E-state index in [1.54, 1.807) is 0 Å². The molecule has 0 aromatic heterocycles. The summed E-state index contributed by atoms with van der Waals surface area (Å²) in [6, 6.07) is 0. The maximum atomic E-state index is 11.9. The van der Waals surface area contributed by atoms with Gasteiger partial charge in [0.05, 0.1) is 6.54 Å². The third-order valence-electron chi connectivity index (χ3n) is 3.64. The lowest BCUT2D eigenvalue weighted by molar-refractivity contribution is -0.156. The van der Waals surface area contributed by atoms with Gasteiger partial charge in [-0.2, -0.15) is 0 Å². The lowest BCUT2D eigenvalue weighted by Gasteiger charge is -2.27. The van der Waals surface area contributed by atoms with Crippen molar-refractivity contribution >= 4 is 11.9 Å². The molecule has 0 bridgehead atoms. The van der Waals surface area contributed by atoms with Gasteiger partial charge < -0.3 is 15.5 Å². The fourth-order valence-electron chi connectivity index (χ4n) is 2.27. The van der Waals surface area contributed by atoms with Crippen LogP contribution >= 0.6 is 0 Å². The lowest BCUT2D eigenvalue weighted by Crippen LogP contribution is -2.48. The number of nitrogens with one attached hydrogen (secondary N) is 1. The molecule has 5 nitrogen and oxygen atoms in total. The normalized spacial score (nSPS) is 26.2. The van der Waals surface area contributed by atoms with Crippen molar-refractivity contribution in [2.24, 2.45) is 11.3 Å². The summed E-state index contributed by atoms with van der Waals surface area (Å²) in [5.74, 6) is -1.58. The van der Waals surface area contributed by atoms with Gasteiger partial charge >= 0.3 is 5.97 Å². The molecule has 1 fully saturated rings. The molecule has 98 valence electrons. The first kappa shape index (κ1) is 14.0. The van der Waals surface area contributed by atoms with Crippen molar-refractivity contribution in [2.45, 2.75) is 45.6 Å². The average molecular weight is 243 g/mol. The summed E-state index contributed by atoms with van der Waals surface area (Å²) in [6.07, 6.45) is 2.84. The van der Waals surface area contributed by atoms with Gasteiger partial charge in [0, 0.05) is 5.92 Å². The third kappa shape index (κ3) is 3.19. The van der Waals surface area contributed by atoms with Crippen LogP contribution in [0.15, 0.2) is 0 Å². The summed E-state index contributed by atoms with van der Waals surface area (Å²) in [4.78, 5) is 22.6. The molecular formula is C12H21NO4. The van der Waals surface area contributed by atoms with Gasteiger partial charge in [0.1, 0.15) is 0 Å². The predicted octanol–water partition coefficient (Wildman–Crippen LogP) is 0.764. The number of carboxylic acid groups (broad SMARTS) is 1. The smallest absolute Gasteiger partial charge is 0.337 e. The summed E-state index contributed by atoms with van der Waals surface area (Å²) in [5, 5.41) is 20.8. The molecule has 0 aliphatic heterocycles. The van der Waals surface area contributed by atoms with Crippen LogP contribution in [0, 0.1) is 11.3 Å². The Morgan fingerprint density at radius 1 is 1.47 bits per heavy atom. The minimum atomic E-state index is -1.90. The average Bonchev–Trinajstić information content (AvgIpc) is 2.54. The molecule has 17 heavy (non-hydrogen) atoms. The quantitative estimate of drug-likeness (QED) is 0.680. The van der Waals surface area contributed by atoms with Gasteiger partial charge in [-0.1, -0.05) is 20.3 Å². The Balaban J connectivity index is 2.54. The van der Waals surface area contributed by atoms with Crippen LogP contribution in [0.5, 0.6) is 0 Å². The molecule has 2 unspecified atom stereocenters. The Morgan fingerprint density at radius 2 is 2.06 bits per heavy atom. The molecule has 0 spiro atoms. The summed E-state index contributed by atoms with van der Waals surface area (Å²) in [6.45, 7) is 5.00. The number of carbonyl (C=O) groups is 2. The Hall–Kier alpha value is -1.10. The number of aliphatic hydroxyl groups is 1. The second-order valence-corrected chi connectivity index (χ2v) is 5.73. The van der Waals surface area contributed by atoms with E-state index in [1.807, 2.05) is 13.8 Å². The molecule has 0 aromatic carbocycles. The number of carboxylic acids is 1. The Kier molecular flexibility index (Phi) is 3.81. The van der Waals surface area contributed by atoms with Crippen LogP contribution in [0.2, 0.25) is 0 Å². The fraction of sp³-hybridized carbons (Fsp3) is 0.833. The Morgan fingerprint density at radius 3 is 2.47 bits per heavy atom. The Labute approximate surface area is 101 Å². The molecule has 3 N–H and O–H groups in total. The maximum Gasteiger partial charge on any atom is 0.337 e. The van der Waals surface area contributed by atoms with Crippen molar-refractivity contribution in [2.75, 3.05) is 6.54 Å². The first-order valence-corrected chi connectivity index (χ1v) is 5.90. The van der Waals surface area contributed by atoms with Crippen LogP contribution in [0.25, 0.3) is 0 Å². The molecule has 5 heteroatoms. The van der Waals surface area contributed by atoms with Gasteiger partial charge in [-0.3, -0.25) is 4.79 Å². The largest absolute Gasteiger partial charge is 0.479 e. The van der Waals surface area contributed by atoms with E-state index in [-0.39, 0.29) is 23.8 Å². The molecule has 1 aliphatic carbocycles. The Bertz CT molecular complexity index is 322. The molecule has 0 heterocycles. The van der Waals surface area contributed by atoms with E-state index < -0.39 is 11.6 Å². The standard InChI is InChI=1S/C12H21NO4/c1-11(2)6-4-5-8(11)9(14)13-7-12(3,17)10(15)16/h8,17H,4-7H2,1-3H3,(H,13,14)(H,15,16). The number of carbonyl (C=O) groups excluding carboxylic acids is 1. The summed E-state index contributed by atoms with van der Waals surface area (Å²) in [7, 11) is 0. The topological polar surface area (TPSA) is 86.6 Å². The van der Waals surface area contributed by atoms with Crippen LogP contribution in [0.1, 0.15) is 40.0 Å². The van der Waals surface area contributed by atoms with Gasteiger partial charge in [-0.05, 0) is 25.2 Å². The highest BCUT2D eigenvalue weighted by Crippen LogP contribution is 2.42. The maximum absolute atomic E-state index is 11.9. The molecule has 0 radical (unpaired) electrons. The van der Waals surface area contributed by atoms with Crippen molar-refractivity contribution in [3.63, 3.8) is 0 Å². The monoisotopic (exact) mass is 243 g/mol. The fourth-order valence-corrected chi connectivity index (χ4v) is 2.27. The highest BCUT2D eigenvalue weighted by Gasteiger charge is 2.40. The van der Waals surface area contributed by atoms with Crippen LogP contribution in [0.4, 0.5) is 0 Å². The van der Waals surface area contributed by atoms with Crippen LogP contribution in [-0.4, -0.2) is 34.2 Å². The molecule has 2 atom stereocenters. The highest BCUT2D eigenvalue weighted by atomic mass is 16.4. The zero-order chi connectivity index (χ0) is 13.3. The van der Waals surface area contributed by atoms with Gasteiger partial charge in [-0.15, -0.1) is 0 Å². The number of hydrogen-bond acceptors (Lipinski definition) is 3. The lowest BCUT2D eigenvalue weighted by atomic mass is 9.81. The van der Waals surface area contributed by atoms with E-state index in [2.05, 4.69) is 5.32 Å². The predicted molar refractivity (Wildman–Crippen MR) is 62.4 cm³/mol. The molecular weight excluding hydrogens is 222 g/mol. The number of aliphatic carboxylic acids is 1. The zero-order valence-corrected chi connectivity index (χ0v) is 10.6. The second kappa shape index (κ2) is 4.64. The molecule has 1 rings (SSSR count). The molecule has 0 aromatic rings. The zero-order valence-electron chi connectivity index (χ0n) is 10.6. The van der Waals surface area contributed by atoms with E-state index in [0.717, 1.165) is 19.3 Å². The second-order valence-electron chi connectivity index (χ2n) is 5.73. The van der Waals surface area contributed by atoms with Crippen LogP contribution in [-0.2, 0) is 9.59 Å². The van der Waals surface area contributed by atoms with E-state index in [1.165, 1.54) is 6.92 Å².